The van der Waals surface area contributed by atoms with E-state index in [-0.39, 0.29) is 5.60 Å². The monoisotopic (exact) mass is 208 g/mol. The molecule has 1 fully saturated rings. The van der Waals surface area contributed by atoms with Crippen molar-refractivity contribution in [2.24, 2.45) is 0 Å². The molecule has 1 aliphatic heterocycles. The lowest BCUT2D eigenvalue weighted by molar-refractivity contribution is 0.348. The molecule has 1 aromatic carbocycles. The Kier molecular flexibility index (Phi) is 2.58. The average Bonchev–Trinajstić information content (AvgIpc) is 2.87. The molecule has 1 nitrogen and oxygen atoms in total. The normalized spacial score (nSPS) is 25.1. The highest BCUT2D eigenvalue weighted by Gasteiger charge is 2.38. The maximum atomic E-state index is 5.35. The minimum atomic E-state index is 0.156. The highest BCUT2D eigenvalue weighted by molar-refractivity contribution is 7.99. The van der Waals surface area contributed by atoms with Crippen molar-refractivity contribution < 1.29 is 4.74 Å². The molecule has 0 amide bonds. The molecule has 1 aromatic rings. The van der Waals surface area contributed by atoms with Gasteiger partial charge >= 0.3 is 0 Å². The number of benzene rings is 1. The molecule has 0 aliphatic carbocycles. The molecule has 1 saturated heterocycles. The molecule has 0 bridgehead atoms. The number of hydrogen-bond donors (Lipinski definition) is 0. The summed E-state index contributed by atoms with van der Waals surface area (Å²) in [5.74, 6) is 1.06. The molecule has 0 spiro atoms. The van der Waals surface area contributed by atoms with Gasteiger partial charge in [0, 0.05) is 10.6 Å². The van der Waals surface area contributed by atoms with Gasteiger partial charge in [-0.3, -0.25) is 0 Å². The van der Waals surface area contributed by atoms with E-state index in [0.717, 1.165) is 12.4 Å². The lowest BCUT2D eigenvalue weighted by atomic mass is 10.1. The van der Waals surface area contributed by atoms with Crippen molar-refractivity contribution >= 4 is 11.8 Å². The van der Waals surface area contributed by atoms with Gasteiger partial charge < -0.3 is 4.74 Å². The summed E-state index contributed by atoms with van der Waals surface area (Å²) in [5.41, 5.74) is 2.89. The molecule has 2 heteroatoms. The van der Waals surface area contributed by atoms with E-state index in [1.165, 1.54) is 16.0 Å². The van der Waals surface area contributed by atoms with E-state index in [1.54, 1.807) is 0 Å². The maximum absolute atomic E-state index is 5.35. The smallest absolute Gasteiger partial charge is 0.0981 e. The number of ether oxygens (including phenoxy) is 1. The van der Waals surface area contributed by atoms with Crippen LogP contribution in [0.1, 0.15) is 18.1 Å². The van der Waals surface area contributed by atoms with Crippen LogP contribution in [0.5, 0.6) is 0 Å². The van der Waals surface area contributed by atoms with Crippen LogP contribution in [-0.4, -0.2) is 18.0 Å². The topological polar surface area (TPSA) is 12.5 Å². The van der Waals surface area contributed by atoms with E-state index in [0.29, 0.717) is 0 Å². The summed E-state index contributed by atoms with van der Waals surface area (Å²) in [6.07, 6.45) is 0. The lowest BCUT2D eigenvalue weighted by Crippen LogP contribution is -2.07. The molecule has 0 radical (unpaired) electrons. The van der Waals surface area contributed by atoms with Gasteiger partial charge in [0.25, 0.3) is 0 Å². The van der Waals surface area contributed by atoms with Crippen LogP contribution in [-0.2, 0) is 4.74 Å². The molecule has 1 aliphatic rings. The molecule has 0 aromatic heterocycles. The van der Waals surface area contributed by atoms with E-state index < -0.39 is 0 Å². The Balaban J connectivity index is 1.99. The Bertz CT molecular complexity index is 342. The molecule has 1 heterocycles. The highest BCUT2D eigenvalue weighted by Crippen LogP contribution is 2.33. The van der Waals surface area contributed by atoms with Crippen molar-refractivity contribution in [3.8, 4) is 0 Å². The Morgan fingerprint density at radius 1 is 1.36 bits per heavy atom. The molecular weight excluding hydrogens is 192 g/mol. The Morgan fingerprint density at radius 2 is 2.07 bits per heavy atom. The Morgan fingerprint density at radius 3 is 2.64 bits per heavy atom. The number of hydrogen-bond acceptors (Lipinski definition) is 2. The summed E-state index contributed by atoms with van der Waals surface area (Å²) < 4.78 is 5.35. The first-order chi connectivity index (χ1) is 6.59. The Hall–Kier alpha value is -0.470. The molecule has 76 valence electrons. The predicted octanol–water partition coefficient (Wildman–Crippen LogP) is 3.18. The van der Waals surface area contributed by atoms with E-state index in [4.69, 9.17) is 4.74 Å². The summed E-state index contributed by atoms with van der Waals surface area (Å²) >= 11 is 1.89. The fourth-order valence-electron chi connectivity index (χ4n) is 1.25. The van der Waals surface area contributed by atoms with Gasteiger partial charge in [-0.05, 0) is 44.0 Å². The van der Waals surface area contributed by atoms with E-state index in [2.05, 4.69) is 39.0 Å². The SMILES string of the molecule is Cc1ccc(SCC2(C)CO2)cc1C. The first-order valence-electron chi connectivity index (χ1n) is 4.93. The van der Waals surface area contributed by atoms with Crippen molar-refractivity contribution in [3.05, 3.63) is 29.3 Å². The summed E-state index contributed by atoms with van der Waals surface area (Å²) in [4.78, 5) is 1.35. The third-order valence-corrected chi connectivity index (χ3v) is 4.00. The van der Waals surface area contributed by atoms with Crippen LogP contribution in [0.2, 0.25) is 0 Å². The minimum Gasteiger partial charge on any atom is -0.369 e. The zero-order chi connectivity index (χ0) is 10.2. The van der Waals surface area contributed by atoms with Crippen molar-refractivity contribution in [1.82, 2.24) is 0 Å². The van der Waals surface area contributed by atoms with Crippen LogP contribution in [0.4, 0.5) is 0 Å². The third kappa shape index (κ3) is 2.31. The zero-order valence-electron chi connectivity index (χ0n) is 8.96. The predicted molar refractivity (Wildman–Crippen MR) is 61.0 cm³/mol. The molecule has 1 atom stereocenters. The van der Waals surface area contributed by atoms with Crippen LogP contribution >= 0.6 is 11.8 Å². The van der Waals surface area contributed by atoms with Gasteiger partial charge in [0.15, 0.2) is 0 Å². The molecule has 1 unspecified atom stereocenters. The van der Waals surface area contributed by atoms with Crippen molar-refractivity contribution in [2.45, 2.75) is 31.3 Å². The summed E-state index contributed by atoms with van der Waals surface area (Å²) in [5, 5.41) is 0. The van der Waals surface area contributed by atoms with Gasteiger partial charge in [-0.1, -0.05) is 6.07 Å². The van der Waals surface area contributed by atoms with Gasteiger partial charge in [0.1, 0.15) is 0 Å². The first-order valence-corrected chi connectivity index (χ1v) is 5.92. The second-order valence-corrected chi connectivity index (χ2v) is 5.32. The van der Waals surface area contributed by atoms with Gasteiger partial charge in [-0.25, -0.2) is 0 Å². The van der Waals surface area contributed by atoms with Crippen LogP contribution in [0, 0.1) is 13.8 Å². The molecular formula is C12H16OS. The van der Waals surface area contributed by atoms with Gasteiger partial charge in [0.2, 0.25) is 0 Å². The largest absolute Gasteiger partial charge is 0.369 e. The van der Waals surface area contributed by atoms with Gasteiger partial charge in [-0.2, -0.15) is 0 Å². The maximum Gasteiger partial charge on any atom is 0.0981 e. The number of thioether (sulfide) groups is 1. The number of rotatable bonds is 3. The summed E-state index contributed by atoms with van der Waals surface area (Å²) in [6.45, 7) is 7.40. The first kappa shape index (κ1) is 10.1. The second-order valence-electron chi connectivity index (χ2n) is 4.27. The van der Waals surface area contributed by atoms with Crippen molar-refractivity contribution in [3.63, 3.8) is 0 Å². The van der Waals surface area contributed by atoms with E-state index >= 15 is 0 Å². The second kappa shape index (κ2) is 3.59. The van der Waals surface area contributed by atoms with Crippen LogP contribution in [0.3, 0.4) is 0 Å². The van der Waals surface area contributed by atoms with Crippen LogP contribution < -0.4 is 0 Å². The van der Waals surface area contributed by atoms with Crippen LogP contribution in [0.15, 0.2) is 23.1 Å². The summed E-state index contributed by atoms with van der Waals surface area (Å²) in [7, 11) is 0. The van der Waals surface area contributed by atoms with E-state index in [9.17, 15) is 0 Å². The molecule has 14 heavy (non-hydrogen) atoms. The standard InChI is InChI=1S/C12H16OS/c1-9-4-5-11(6-10(9)2)14-8-12(3)7-13-12/h4-6H,7-8H2,1-3H3. The molecule has 0 saturated carbocycles. The van der Waals surface area contributed by atoms with Crippen molar-refractivity contribution in [2.75, 3.05) is 12.4 Å². The molecule has 0 N–H and O–H groups in total. The summed E-state index contributed by atoms with van der Waals surface area (Å²) in [6, 6.07) is 6.64. The lowest BCUT2D eigenvalue weighted by Gasteiger charge is -2.06. The quantitative estimate of drug-likeness (QED) is 0.559. The number of aryl methyl sites for hydroxylation is 2. The fourth-order valence-corrected chi connectivity index (χ4v) is 2.31. The van der Waals surface area contributed by atoms with Crippen molar-refractivity contribution in [1.29, 1.82) is 0 Å². The average molecular weight is 208 g/mol. The minimum absolute atomic E-state index is 0.156. The Labute approximate surface area is 89.9 Å². The van der Waals surface area contributed by atoms with Crippen LogP contribution in [0.25, 0.3) is 0 Å². The van der Waals surface area contributed by atoms with Gasteiger partial charge in [-0.15, -0.1) is 11.8 Å². The van der Waals surface area contributed by atoms with E-state index in [1.807, 2.05) is 11.8 Å². The highest BCUT2D eigenvalue weighted by atomic mass is 32.2. The third-order valence-electron chi connectivity index (χ3n) is 2.66. The fraction of sp³-hybridized carbons (Fsp3) is 0.500. The number of epoxide rings is 1. The van der Waals surface area contributed by atoms with Gasteiger partial charge in [0.05, 0.1) is 12.2 Å². The zero-order valence-corrected chi connectivity index (χ0v) is 9.78. The molecule has 2 rings (SSSR count).